The lowest BCUT2D eigenvalue weighted by atomic mass is 10.00. The van der Waals surface area contributed by atoms with Crippen LogP contribution >= 0.6 is 0 Å². The van der Waals surface area contributed by atoms with E-state index in [0.29, 0.717) is 0 Å². The number of amides is 1. The summed E-state index contributed by atoms with van der Waals surface area (Å²) in [5.74, 6) is 0. The monoisotopic (exact) mass is 233 g/mol. The van der Waals surface area contributed by atoms with Gasteiger partial charge in [-0.3, -0.25) is 0 Å². The number of hydrogen-bond donors (Lipinski definition) is 2. The van der Waals surface area contributed by atoms with Crippen LogP contribution < -0.4 is 5.32 Å². The molecule has 0 spiro atoms. The molecule has 2 N–H and O–H groups in total. The fourth-order valence-corrected chi connectivity index (χ4v) is 1.03. The maximum absolute atomic E-state index is 11.5. The molecule has 0 aromatic rings. The molecule has 0 aromatic carbocycles. The topological polar surface area (TPSA) is 67.8 Å². The van der Waals surface area contributed by atoms with E-state index in [9.17, 15) is 9.90 Å². The van der Waals surface area contributed by atoms with E-state index >= 15 is 0 Å². The van der Waals surface area contributed by atoms with E-state index < -0.39 is 23.3 Å². The maximum Gasteiger partial charge on any atom is 0.408 e. The van der Waals surface area contributed by atoms with Crippen LogP contribution in [0.15, 0.2) is 0 Å². The van der Waals surface area contributed by atoms with Crippen LogP contribution in [0.1, 0.15) is 34.6 Å². The van der Waals surface area contributed by atoms with Crippen LogP contribution in [0.2, 0.25) is 0 Å². The standard InChI is InChI=1S/C11H23NO4/c1-10(2,3)16-9(14)12-8(7-13)11(4,5)15-6/h8,13H,7H2,1-6H3,(H,12,14). The van der Waals surface area contributed by atoms with E-state index in [1.807, 2.05) is 0 Å². The summed E-state index contributed by atoms with van der Waals surface area (Å²) < 4.78 is 10.3. The van der Waals surface area contributed by atoms with E-state index in [2.05, 4.69) is 5.32 Å². The Kier molecular flexibility index (Phi) is 5.22. The number of alkyl carbamates (subject to hydrolysis) is 1. The number of carbonyl (C=O) groups is 1. The van der Waals surface area contributed by atoms with Gasteiger partial charge in [-0.25, -0.2) is 4.79 Å². The van der Waals surface area contributed by atoms with Crippen molar-refractivity contribution in [2.45, 2.75) is 51.9 Å². The van der Waals surface area contributed by atoms with Gasteiger partial charge in [0, 0.05) is 7.11 Å². The molecule has 5 nitrogen and oxygen atoms in total. The molecule has 16 heavy (non-hydrogen) atoms. The zero-order valence-corrected chi connectivity index (χ0v) is 11.0. The molecule has 0 rings (SSSR count). The number of aliphatic hydroxyl groups is 1. The molecule has 0 saturated carbocycles. The molecule has 0 aliphatic rings. The van der Waals surface area contributed by atoms with Gasteiger partial charge in [0.25, 0.3) is 0 Å². The molecule has 1 atom stereocenters. The smallest absolute Gasteiger partial charge is 0.408 e. The number of ether oxygens (including phenoxy) is 2. The van der Waals surface area contributed by atoms with Gasteiger partial charge in [0.05, 0.1) is 18.2 Å². The highest BCUT2D eigenvalue weighted by Crippen LogP contribution is 2.14. The quantitative estimate of drug-likeness (QED) is 0.768. The van der Waals surface area contributed by atoms with Gasteiger partial charge in [-0.1, -0.05) is 0 Å². The van der Waals surface area contributed by atoms with Crippen LogP contribution in [-0.4, -0.2) is 42.2 Å². The minimum atomic E-state index is -0.647. The van der Waals surface area contributed by atoms with Crippen molar-refractivity contribution in [3.8, 4) is 0 Å². The summed E-state index contributed by atoms with van der Waals surface area (Å²) in [6.07, 6.45) is -0.559. The van der Waals surface area contributed by atoms with Crippen molar-refractivity contribution in [2.75, 3.05) is 13.7 Å². The predicted molar refractivity (Wildman–Crippen MR) is 61.3 cm³/mol. The third kappa shape index (κ3) is 5.32. The largest absolute Gasteiger partial charge is 0.444 e. The molecular weight excluding hydrogens is 210 g/mol. The first kappa shape index (κ1) is 15.2. The van der Waals surface area contributed by atoms with Gasteiger partial charge < -0.3 is 19.9 Å². The number of nitrogens with one attached hydrogen (secondary N) is 1. The molecule has 0 aliphatic carbocycles. The van der Waals surface area contributed by atoms with Crippen molar-refractivity contribution in [2.24, 2.45) is 0 Å². The number of rotatable bonds is 4. The average Bonchev–Trinajstić information content (AvgIpc) is 2.11. The lowest BCUT2D eigenvalue weighted by molar-refractivity contribution is -0.0303. The molecule has 0 radical (unpaired) electrons. The van der Waals surface area contributed by atoms with E-state index in [0.717, 1.165) is 0 Å². The van der Waals surface area contributed by atoms with Crippen molar-refractivity contribution in [1.82, 2.24) is 5.32 Å². The zero-order chi connectivity index (χ0) is 13.0. The summed E-state index contributed by atoms with van der Waals surface area (Å²) in [6.45, 7) is 8.70. The summed E-state index contributed by atoms with van der Waals surface area (Å²) in [5.41, 5.74) is -1.20. The average molecular weight is 233 g/mol. The summed E-state index contributed by atoms with van der Waals surface area (Å²) in [4.78, 5) is 11.5. The first-order valence-corrected chi connectivity index (χ1v) is 5.28. The number of carbonyl (C=O) groups excluding carboxylic acids is 1. The fourth-order valence-electron chi connectivity index (χ4n) is 1.03. The molecule has 0 aliphatic heterocycles. The van der Waals surface area contributed by atoms with Crippen molar-refractivity contribution >= 4 is 6.09 Å². The third-order valence-electron chi connectivity index (χ3n) is 2.24. The van der Waals surface area contributed by atoms with Crippen LogP contribution in [0.5, 0.6) is 0 Å². The second-order valence-corrected chi connectivity index (χ2v) is 5.19. The highest BCUT2D eigenvalue weighted by atomic mass is 16.6. The van der Waals surface area contributed by atoms with Crippen LogP contribution in [-0.2, 0) is 9.47 Å². The molecule has 0 fully saturated rings. The Morgan fingerprint density at radius 1 is 1.31 bits per heavy atom. The van der Waals surface area contributed by atoms with E-state index in [4.69, 9.17) is 9.47 Å². The van der Waals surface area contributed by atoms with E-state index in [-0.39, 0.29) is 6.61 Å². The minimum Gasteiger partial charge on any atom is -0.444 e. The summed E-state index contributed by atoms with van der Waals surface area (Å²) in [6, 6.07) is -0.507. The Morgan fingerprint density at radius 2 is 1.81 bits per heavy atom. The van der Waals surface area contributed by atoms with Crippen LogP contribution in [0.3, 0.4) is 0 Å². The van der Waals surface area contributed by atoms with Crippen molar-refractivity contribution in [3.63, 3.8) is 0 Å². The molecule has 1 amide bonds. The zero-order valence-electron chi connectivity index (χ0n) is 11.0. The van der Waals surface area contributed by atoms with E-state index in [1.54, 1.807) is 34.6 Å². The fraction of sp³-hybridized carbons (Fsp3) is 0.909. The van der Waals surface area contributed by atoms with Crippen molar-refractivity contribution in [1.29, 1.82) is 0 Å². The highest BCUT2D eigenvalue weighted by Gasteiger charge is 2.31. The Bertz CT molecular complexity index is 233. The second-order valence-electron chi connectivity index (χ2n) is 5.19. The summed E-state index contributed by atoms with van der Waals surface area (Å²) >= 11 is 0. The first-order chi connectivity index (χ1) is 7.12. The summed E-state index contributed by atoms with van der Waals surface area (Å²) in [5, 5.41) is 11.8. The molecule has 1 unspecified atom stereocenters. The van der Waals surface area contributed by atoms with Crippen molar-refractivity contribution < 1.29 is 19.4 Å². The molecule has 0 saturated heterocycles. The number of methoxy groups -OCH3 is 1. The first-order valence-electron chi connectivity index (χ1n) is 5.28. The van der Waals surface area contributed by atoms with Gasteiger partial charge in [-0.15, -0.1) is 0 Å². The van der Waals surface area contributed by atoms with Gasteiger partial charge in [0.15, 0.2) is 0 Å². The Balaban J connectivity index is 4.40. The minimum absolute atomic E-state index is 0.208. The maximum atomic E-state index is 11.5. The molecule has 96 valence electrons. The number of hydrogen-bond acceptors (Lipinski definition) is 4. The van der Waals surface area contributed by atoms with Crippen LogP contribution in [0.25, 0.3) is 0 Å². The Morgan fingerprint density at radius 3 is 2.12 bits per heavy atom. The molecule has 0 heterocycles. The summed E-state index contributed by atoms with van der Waals surface area (Å²) in [7, 11) is 1.53. The SMILES string of the molecule is COC(C)(C)C(CO)NC(=O)OC(C)(C)C. The highest BCUT2D eigenvalue weighted by molar-refractivity contribution is 5.68. The molecule has 0 aromatic heterocycles. The number of aliphatic hydroxyl groups excluding tert-OH is 1. The van der Waals surface area contributed by atoms with Gasteiger partial charge >= 0.3 is 6.09 Å². The predicted octanol–water partition coefficient (Wildman–Crippen LogP) is 1.30. The van der Waals surface area contributed by atoms with Gasteiger partial charge in [-0.05, 0) is 34.6 Å². The van der Waals surface area contributed by atoms with Crippen molar-refractivity contribution in [3.05, 3.63) is 0 Å². The lowest BCUT2D eigenvalue weighted by Gasteiger charge is -2.33. The lowest BCUT2D eigenvalue weighted by Crippen LogP contribution is -2.53. The van der Waals surface area contributed by atoms with Gasteiger partial charge in [0.1, 0.15) is 5.60 Å². The van der Waals surface area contributed by atoms with E-state index in [1.165, 1.54) is 7.11 Å². The third-order valence-corrected chi connectivity index (χ3v) is 2.24. The second kappa shape index (κ2) is 5.50. The van der Waals surface area contributed by atoms with Gasteiger partial charge in [0.2, 0.25) is 0 Å². The molecule has 0 bridgehead atoms. The molecule has 5 heteroatoms. The van der Waals surface area contributed by atoms with Crippen LogP contribution in [0.4, 0.5) is 4.79 Å². The Hall–Kier alpha value is -0.810. The normalized spacial score (nSPS) is 14.4. The Labute approximate surface area is 97.1 Å². The van der Waals surface area contributed by atoms with Gasteiger partial charge in [-0.2, -0.15) is 0 Å². The molecular formula is C11H23NO4. The van der Waals surface area contributed by atoms with Crippen LogP contribution in [0, 0.1) is 0 Å².